The summed E-state index contributed by atoms with van der Waals surface area (Å²) < 4.78 is 52.2. The Bertz CT molecular complexity index is 5230. The number of carbonyl (C=O) groups excluding carboxylic acids is 8. The van der Waals surface area contributed by atoms with Crippen LogP contribution in [0.4, 0.5) is 0 Å². The van der Waals surface area contributed by atoms with Crippen molar-refractivity contribution in [2.75, 3.05) is 26.0 Å². The summed E-state index contributed by atoms with van der Waals surface area (Å²) in [5.41, 5.74) is 2.97. The number of halogens is 3. The van der Waals surface area contributed by atoms with Crippen LogP contribution in [0.25, 0.3) is 11.1 Å². The molecule has 20 N–H and O–H groups in total. The van der Waals surface area contributed by atoms with E-state index in [1.807, 2.05) is 26.0 Å². The zero-order valence-corrected chi connectivity index (χ0v) is 70.9. The lowest BCUT2D eigenvalue weighted by atomic mass is 9.84. The van der Waals surface area contributed by atoms with Gasteiger partial charge in [-0.25, -0.2) is 4.79 Å². The molecule has 7 aliphatic rings. The number of carbonyl (C=O) groups is 9. The second kappa shape index (κ2) is 40.2. The van der Waals surface area contributed by atoms with E-state index in [1.54, 1.807) is 44.2 Å². The highest BCUT2D eigenvalue weighted by molar-refractivity contribution is 8.13. The first-order chi connectivity index (χ1) is 59.4. The number of hydrogen-bond acceptors (Lipinski definition) is 29. The van der Waals surface area contributed by atoms with Crippen LogP contribution in [0.5, 0.6) is 57.5 Å². The Morgan fingerprint density at radius 2 is 1.32 bits per heavy atom. The number of rotatable bonds is 24. The van der Waals surface area contributed by atoms with E-state index < -0.39 is 237 Å². The molecule has 0 aliphatic carbocycles. The third-order valence-electron chi connectivity index (χ3n) is 21.6. The minimum atomic E-state index is -2.39. The second-order valence-corrected chi connectivity index (χ2v) is 33.7. The number of carboxylic acid groups (broad SMARTS) is 1. The van der Waals surface area contributed by atoms with Gasteiger partial charge < -0.3 is 137 Å². The Labute approximate surface area is 734 Å². The Hall–Kier alpha value is -10.9. The first-order valence-corrected chi connectivity index (χ1v) is 41.7. The van der Waals surface area contributed by atoms with E-state index in [0.717, 1.165) is 84.1 Å². The molecule has 7 aromatic carbocycles. The Morgan fingerprint density at radius 3 is 1.95 bits per heavy atom. The largest absolute Gasteiger partial charge is 0.508 e. The summed E-state index contributed by atoms with van der Waals surface area (Å²) in [4.78, 5) is 130. The van der Waals surface area contributed by atoms with Crippen molar-refractivity contribution in [1.82, 2.24) is 42.5 Å². The first-order valence-electron chi connectivity index (χ1n) is 39.6. The maximum absolute atomic E-state index is 16.3. The lowest BCUT2D eigenvalue weighted by molar-refractivity contribution is -0.334. The predicted molar refractivity (Wildman–Crippen MR) is 447 cm³/mol. The molecule has 7 aromatic rings. The van der Waals surface area contributed by atoms with Gasteiger partial charge in [-0.15, -0.1) is 0 Å². The van der Waals surface area contributed by atoms with Crippen LogP contribution >= 0.6 is 46.6 Å². The molecule has 40 heteroatoms. The molecule has 18 atom stereocenters. The van der Waals surface area contributed by atoms with Crippen molar-refractivity contribution in [3.05, 3.63) is 175 Å². The summed E-state index contributed by atoms with van der Waals surface area (Å²) in [6.07, 6.45) is -18.7. The van der Waals surface area contributed by atoms with E-state index in [-0.39, 0.29) is 71.1 Å². The molecule has 2 fully saturated rings. The number of phenols is 3. The SMILES string of the molecule is CN[C@H](CC(C)C)C(=O)N[C@H]1C(=O)N[C@@H](CC(N)=O)C(=O)N[C@H]2C(=O)N[C@H]3C(=O)N[C@H](C(=O)N[C@H](C(=O)O)c4cc(O)cc(O)c4-c4cc3ccc4O)[C@H](O)c3ccc(c(Cl)c3)Oc3cc2cc(c3O[C@@H]2O[C@H](CO)[C@@H](O)[C@H](O)[C@H]2O[C@H]2C[C@](C)(NCc3ccc(OCc4ccc(Cl)cc4)c(OCCCSC(C)=O)c3)[C@H](O)[C@H](C)O2)Oc2ccc(cc2Cl)[C@H]1O. The molecule has 668 valence electrons. The molecule has 0 radical (unpaired) electrons. The molecule has 0 saturated carbocycles. The lowest BCUT2D eigenvalue weighted by Crippen LogP contribution is -2.65. The van der Waals surface area contributed by atoms with E-state index in [9.17, 15) is 70.2 Å². The van der Waals surface area contributed by atoms with Crippen LogP contribution in [0.1, 0.15) is 130 Å². The van der Waals surface area contributed by atoms with Crippen molar-refractivity contribution in [1.29, 1.82) is 0 Å². The van der Waals surface area contributed by atoms with Gasteiger partial charge in [0.05, 0.1) is 47.9 Å². The second-order valence-electron chi connectivity index (χ2n) is 31.2. The Kier molecular flexibility index (Phi) is 30.0. The zero-order chi connectivity index (χ0) is 90.3. The lowest BCUT2D eigenvalue weighted by Gasteiger charge is -2.48. The van der Waals surface area contributed by atoms with E-state index in [1.165, 1.54) is 26.1 Å². The summed E-state index contributed by atoms with van der Waals surface area (Å²) >= 11 is 21.7. The average molecular weight is 1810 g/mol. The van der Waals surface area contributed by atoms with Gasteiger partial charge in [-0.1, -0.05) is 96.8 Å². The molecule has 0 aromatic heterocycles. The normalized spacial score (nSPS) is 25.9. The monoisotopic (exact) mass is 1810 g/mol. The van der Waals surface area contributed by atoms with Crippen molar-refractivity contribution < 1.29 is 132 Å². The maximum atomic E-state index is 16.3. The third kappa shape index (κ3) is 21.8. The van der Waals surface area contributed by atoms with Crippen LogP contribution in [0.15, 0.2) is 121 Å². The highest BCUT2D eigenvalue weighted by Gasteiger charge is 2.52. The van der Waals surface area contributed by atoms with Gasteiger partial charge in [-0.2, -0.15) is 0 Å². The highest BCUT2D eigenvalue weighted by atomic mass is 35.5. The fourth-order valence-corrected chi connectivity index (χ4v) is 16.2. The predicted octanol–water partition coefficient (Wildman–Crippen LogP) is 5.22. The minimum absolute atomic E-state index is 0.0508. The van der Waals surface area contributed by atoms with Gasteiger partial charge in [0.25, 0.3) is 0 Å². The average Bonchev–Trinajstić information content (AvgIpc) is 0.766. The molecule has 7 aliphatic heterocycles. The number of aromatic hydroxyl groups is 3. The number of likely N-dealkylation sites (N-methyl/N-ethyl adjacent to an activating group) is 1. The number of amides is 7. The molecular formula is C85H94Cl3N9O27S. The summed E-state index contributed by atoms with van der Waals surface area (Å²) in [5.74, 6) is -15.0. The fourth-order valence-electron chi connectivity index (χ4n) is 15.0. The number of carboxylic acids is 1. The summed E-state index contributed by atoms with van der Waals surface area (Å²) in [7, 11) is 1.47. The number of aliphatic hydroxyl groups is 6. The molecule has 2 saturated heterocycles. The molecule has 36 nitrogen and oxygen atoms in total. The van der Waals surface area contributed by atoms with Crippen LogP contribution in [0.3, 0.4) is 0 Å². The topological polar surface area (TPSA) is 552 Å². The Morgan fingerprint density at radius 1 is 0.680 bits per heavy atom. The summed E-state index contributed by atoms with van der Waals surface area (Å²) in [5, 5.41) is 138. The molecule has 7 heterocycles. The van der Waals surface area contributed by atoms with E-state index >= 15 is 24.0 Å². The van der Waals surface area contributed by atoms with E-state index in [2.05, 4.69) is 42.5 Å². The quantitative estimate of drug-likeness (QED) is 0.0345. The smallest absolute Gasteiger partial charge is 0.330 e. The van der Waals surface area contributed by atoms with Crippen molar-refractivity contribution in [3.63, 3.8) is 0 Å². The van der Waals surface area contributed by atoms with Crippen LogP contribution in [-0.4, -0.2) is 208 Å². The number of phenolic OH excluding ortho intramolecular Hbond substituents is 3. The standard InChI is InChI=1S/C85H94Cl3N9O27S/c1-36(2)22-51(90-6)77(109)96-68-70(104)42-12-18-55(49(87)25-42)120-59-27-44-28-60(74(59)124-84-75(73(107)72(106)61(34-98)122-84)123-63-32-85(5,76(108)37(3)119-63)91-33-40-10-17-57(118-35-39-8-14-45(86)15-9-39)58(23-40)117-20-7-21-125-38(4)99)121-56-19-13-43(26-50(56)88)71(105)69-82(114)95-67(83(115)116)48-29-46(100)30-54(102)64(48)47-24-41(11-16-53(47)101)65(79(111)97-69)94-80(112)66(44)93-78(110)52(31-62(89)103)92-81(68)113/h8-19,23-30,36-37,51-52,61,63,65-73,75-76,84,90-91,98,100-102,104-108H,7,20-22,31-35H2,1-6H3,(H2,89,103)(H,92,113)(H,93,110)(H,94,112)(H,95,114)(H,96,109)(H,97,111)(H,115,116)/t37-,51+,52-,61+,63-,65+,66+,67-,68+,69-,70+,71+,72+,73-,75+,76+,84-,85-/m0/s1. The number of fused-ring (bicyclic) bond motifs is 15. The first kappa shape index (κ1) is 93.3. The molecular weight excluding hydrogens is 1720 g/mol. The zero-order valence-electron chi connectivity index (χ0n) is 67.8. The molecule has 0 unspecified atom stereocenters. The molecule has 0 spiro atoms. The molecule has 7 amide bonds. The maximum Gasteiger partial charge on any atom is 0.330 e. The Balaban J connectivity index is 1.01. The molecule has 125 heavy (non-hydrogen) atoms. The van der Waals surface area contributed by atoms with Gasteiger partial charge in [0, 0.05) is 59.0 Å². The van der Waals surface area contributed by atoms with Crippen molar-refractivity contribution in [2.24, 2.45) is 11.7 Å². The number of benzene rings is 7. The summed E-state index contributed by atoms with van der Waals surface area (Å²) in [6, 6.07) is 11.4. The van der Waals surface area contributed by atoms with E-state index in [0.29, 0.717) is 34.3 Å². The van der Waals surface area contributed by atoms with Crippen LogP contribution in [0.2, 0.25) is 15.1 Å². The van der Waals surface area contributed by atoms with Gasteiger partial charge in [-0.3, -0.25) is 38.4 Å². The minimum Gasteiger partial charge on any atom is -0.508 e. The van der Waals surface area contributed by atoms with Gasteiger partial charge in [-0.05, 0) is 152 Å². The van der Waals surface area contributed by atoms with Gasteiger partial charge in [0.2, 0.25) is 53.4 Å². The number of aliphatic hydroxyl groups excluding tert-OH is 6. The number of primary amides is 1. The van der Waals surface area contributed by atoms with Crippen molar-refractivity contribution in [3.8, 4) is 68.6 Å². The number of ether oxygens (including phenoxy) is 8. The highest BCUT2D eigenvalue weighted by Crippen LogP contribution is 2.50. The number of nitrogens with two attached hydrogens (primary N) is 1. The number of hydrogen-bond donors (Lipinski definition) is 19. The van der Waals surface area contributed by atoms with Crippen LogP contribution in [-0.2, 0) is 70.5 Å². The number of nitrogens with one attached hydrogen (secondary N) is 8. The van der Waals surface area contributed by atoms with Crippen molar-refractivity contribution in [2.45, 2.75) is 183 Å². The van der Waals surface area contributed by atoms with E-state index in [4.69, 9.17) is 78.4 Å². The van der Waals surface area contributed by atoms with Gasteiger partial charge >= 0.3 is 5.97 Å². The van der Waals surface area contributed by atoms with Crippen LogP contribution < -0.4 is 72.0 Å². The fraction of sp³-hybridized carbons (Fsp3) is 0.400. The van der Waals surface area contributed by atoms with Crippen LogP contribution in [0, 0.1) is 5.92 Å². The third-order valence-corrected chi connectivity index (χ3v) is 23.3. The molecule has 14 rings (SSSR count). The van der Waals surface area contributed by atoms with Gasteiger partial charge in [0.15, 0.2) is 46.5 Å². The number of aliphatic carboxylic acids is 1. The van der Waals surface area contributed by atoms with Crippen molar-refractivity contribution >= 4 is 99.0 Å². The van der Waals surface area contributed by atoms with Gasteiger partial charge in [0.1, 0.15) is 96.1 Å². The summed E-state index contributed by atoms with van der Waals surface area (Å²) in [6.45, 7) is 7.74. The molecule has 11 bridgehead atoms. The number of thioether (sulfide) groups is 1.